The first-order chi connectivity index (χ1) is 10.5. The molecule has 0 aromatic carbocycles. The highest BCUT2D eigenvalue weighted by molar-refractivity contribution is 5.33. The third-order valence-electron chi connectivity index (χ3n) is 1.19. The fourth-order valence-corrected chi connectivity index (χ4v) is 0.346. The van der Waals surface area contributed by atoms with E-state index in [1.165, 1.54) is 5.57 Å². The molecule has 0 aliphatic carbocycles. The van der Waals surface area contributed by atoms with Crippen molar-refractivity contribution in [1.82, 2.24) is 0 Å². The lowest BCUT2D eigenvalue weighted by atomic mass is 10.1. The number of hydrogen-bond donors (Lipinski definition) is 0. The van der Waals surface area contributed by atoms with E-state index in [1.54, 1.807) is 18.2 Å². The average Bonchev–Trinajstić information content (AvgIpc) is 2.62. The van der Waals surface area contributed by atoms with Crippen LogP contribution in [0.15, 0.2) is 61.8 Å². The highest BCUT2D eigenvalue weighted by atomic mass is 13.9. The molecule has 0 bridgehead atoms. The van der Waals surface area contributed by atoms with E-state index >= 15 is 0 Å². The Morgan fingerprint density at radius 3 is 0.864 bits per heavy atom. The molecule has 0 saturated heterocycles. The van der Waals surface area contributed by atoms with Gasteiger partial charge in [-0.1, -0.05) is 92.9 Å². The molecule has 22 heavy (non-hydrogen) atoms. The zero-order valence-electron chi connectivity index (χ0n) is 18.1. The lowest BCUT2D eigenvalue weighted by Gasteiger charge is -1.94. The molecule has 0 heteroatoms. The molecule has 0 aliphatic heterocycles. The van der Waals surface area contributed by atoms with Crippen LogP contribution in [-0.4, -0.2) is 0 Å². The second-order valence-corrected chi connectivity index (χ2v) is 2.52. The van der Waals surface area contributed by atoms with E-state index in [2.05, 4.69) is 26.3 Å². The maximum atomic E-state index is 3.76. The Morgan fingerprint density at radius 1 is 0.636 bits per heavy atom. The zero-order chi connectivity index (χ0) is 20.0. The van der Waals surface area contributed by atoms with Crippen LogP contribution in [0.3, 0.4) is 0 Å². The van der Waals surface area contributed by atoms with Gasteiger partial charge in [-0.2, -0.15) is 0 Å². The summed E-state index contributed by atoms with van der Waals surface area (Å²) in [6.07, 6.45) is 7.28. The first kappa shape index (κ1) is 42.8. The smallest absolute Gasteiger partial charge is 0.0309 e. The largest absolute Gasteiger partial charge is 0.103 e. The van der Waals surface area contributed by atoms with Gasteiger partial charge in [0.15, 0.2) is 0 Å². The molecule has 0 heterocycles. The van der Waals surface area contributed by atoms with Crippen molar-refractivity contribution in [2.24, 2.45) is 0 Å². The maximum Gasteiger partial charge on any atom is -0.0309 e. The molecule has 0 rings (SSSR count). The van der Waals surface area contributed by atoms with Gasteiger partial charge in [0.1, 0.15) is 0 Å². The van der Waals surface area contributed by atoms with Crippen molar-refractivity contribution in [3.8, 4) is 0 Å². The normalized spacial score (nSPS) is 6.27. The second-order valence-electron chi connectivity index (χ2n) is 2.52. The average molecular weight is 313 g/mol. The lowest BCUT2D eigenvalue weighted by Crippen LogP contribution is -1.73. The standard InChI is InChI=1S/C8H12.2C3H6.4C2H6/c1-5-7(3)8(4)6-2;2*1-3-2;4*1-2/h5-6H,1,3H2,2,4H3;2*3H,1H2,2H3;4*1-2H3/b8-6-;;;;;;. The van der Waals surface area contributed by atoms with Crippen LogP contribution >= 0.6 is 0 Å². The molecule has 0 radical (unpaired) electrons. The van der Waals surface area contributed by atoms with Gasteiger partial charge in [0.2, 0.25) is 0 Å². The number of allylic oxidation sites excluding steroid dienone is 6. The lowest BCUT2D eigenvalue weighted by molar-refractivity contribution is 1.42. The molecular formula is C22H48. The van der Waals surface area contributed by atoms with E-state index in [1.807, 2.05) is 89.2 Å². The first-order valence-electron chi connectivity index (χ1n) is 8.64. The van der Waals surface area contributed by atoms with Gasteiger partial charge in [0.05, 0.1) is 0 Å². The summed E-state index contributed by atoms with van der Waals surface area (Å²) in [6.45, 7) is 37.9. The Bertz CT molecular complexity index is 186. The minimum atomic E-state index is 1.01. The van der Waals surface area contributed by atoms with Gasteiger partial charge in [0, 0.05) is 0 Å². The monoisotopic (exact) mass is 312 g/mol. The van der Waals surface area contributed by atoms with Gasteiger partial charge >= 0.3 is 0 Å². The SMILES string of the molecule is C=CC.C=CC.C=CC(=C)/C(C)=C\C.CC.CC.CC.CC. The summed E-state index contributed by atoms with van der Waals surface area (Å²) in [4.78, 5) is 0. The Balaban J connectivity index is -0.0000000273. The van der Waals surface area contributed by atoms with E-state index in [9.17, 15) is 0 Å². The third-order valence-corrected chi connectivity index (χ3v) is 1.19. The molecule has 0 amide bonds. The summed E-state index contributed by atoms with van der Waals surface area (Å²) in [7, 11) is 0. The van der Waals surface area contributed by atoms with Crippen LogP contribution in [0.25, 0.3) is 0 Å². The molecule has 0 spiro atoms. The molecule has 0 unspecified atom stereocenters. The van der Waals surface area contributed by atoms with Crippen LogP contribution in [-0.2, 0) is 0 Å². The van der Waals surface area contributed by atoms with Crippen molar-refractivity contribution in [3.63, 3.8) is 0 Å². The summed E-state index contributed by atoms with van der Waals surface area (Å²) < 4.78 is 0. The quantitative estimate of drug-likeness (QED) is 0.352. The van der Waals surface area contributed by atoms with Gasteiger partial charge in [-0.25, -0.2) is 0 Å². The van der Waals surface area contributed by atoms with Gasteiger partial charge in [-0.3, -0.25) is 0 Å². The molecule has 0 nitrogen and oxygen atoms in total. The van der Waals surface area contributed by atoms with Crippen molar-refractivity contribution in [3.05, 3.63) is 61.8 Å². The van der Waals surface area contributed by atoms with E-state index in [4.69, 9.17) is 0 Å². The molecule has 0 atom stereocenters. The number of rotatable bonds is 2. The summed E-state index contributed by atoms with van der Waals surface area (Å²) in [5.41, 5.74) is 2.20. The zero-order valence-corrected chi connectivity index (χ0v) is 18.1. The van der Waals surface area contributed by atoms with Crippen LogP contribution in [0.4, 0.5) is 0 Å². The highest BCUT2D eigenvalue weighted by Gasteiger charge is 1.84. The van der Waals surface area contributed by atoms with Crippen LogP contribution in [0.5, 0.6) is 0 Å². The van der Waals surface area contributed by atoms with Crippen molar-refractivity contribution in [1.29, 1.82) is 0 Å². The van der Waals surface area contributed by atoms with Crippen LogP contribution < -0.4 is 0 Å². The Hall–Kier alpha value is -1.30. The predicted molar refractivity (Wildman–Crippen MR) is 116 cm³/mol. The van der Waals surface area contributed by atoms with Crippen LogP contribution in [0.2, 0.25) is 0 Å². The van der Waals surface area contributed by atoms with Crippen molar-refractivity contribution in [2.45, 2.75) is 83.1 Å². The Morgan fingerprint density at radius 2 is 0.818 bits per heavy atom. The topological polar surface area (TPSA) is 0 Å². The van der Waals surface area contributed by atoms with Crippen molar-refractivity contribution in [2.75, 3.05) is 0 Å². The van der Waals surface area contributed by atoms with Gasteiger partial charge < -0.3 is 0 Å². The molecule has 0 saturated carbocycles. The molecule has 0 N–H and O–H groups in total. The van der Waals surface area contributed by atoms with E-state index in [0.29, 0.717) is 0 Å². The molecular weight excluding hydrogens is 264 g/mol. The molecule has 0 fully saturated rings. The van der Waals surface area contributed by atoms with E-state index in [0.717, 1.165) is 5.57 Å². The molecule has 0 aromatic heterocycles. The van der Waals surface area contributed by atoms with Crippen LogP contribution in [0.1, 0.15) is 83.1 Å². The van der Waals surface area contributed by atoms with Gasteiger partial charge in [-0.05, 0) is 38.8 Å². The Kier molecular flexibility index (Phi) is 177. The molecule has 0 aromatic rings. The predicted octanol–water partition coefficient (Wildman–Crippen LogP) is 9.18. The van der Waals surface area contributed by atoms with Crippen LogP contribution in [0, 0.1) is 0 Å². The summed E-state index contributed by atoms with van der Waals surface area (Å²) in [5, 5.41) is 0. The van der Waals surface area contributed by atoms with Gasteiger partial charge in [0.25, 0.3) is 0 Å². The second kappa shape index (κ2) is 91.0. The fourth-order valence-electron chi connectivity index (χ4n) is 0.346. The highest BCUT2D eigenvalue weighted by Crippen LogP contribution is 2.05. The molecule has 0 aliphatic rings. The maximum absolute atomic E-state index is 3.76. The minimum Gasteiger partial charge on any atom is -0.103 e. The number of hydrogen-bond acceptors (Lipinski definition) is 0. The van der Waals surface area contributed by atoms with E-state index < -0.39 is 0 Å². The molecule has 136 valence electrons. The fraction of sp³-hybridized carbons (Fsp3) is 0.545. The summed E-state index contributed by atoms with van der Waals surface area (Å²) in [6, 6.07) is 0. The van der Waals surface area contributed by atoms with Crippen molar-refractivity contribution < 1.29 is 0 Å². The summed E-state index contributed by atoms with van der Waals surface area (Å²) in [5.74, 6) is 0. The third kappa shape index (κ3) is 131. The van der Waals surface area contributed by atoms with Crippen molar-refractivity contribution >= 4 is 0 Å². The first-order valence-corrected chi connectivity index (χ1v) is 8.64. The summed E-state index contributed by atoms with van der Waals surface area (Å²) >= 11 is 0. The van der Waals surface area contributed by atoms with E-state index in [-0.39, 0.29) is 0 Å². The minimum absolute atomic E-state index is 1.01. The Labute approximate surface area is 145 Å². The van der Waals surface area contributed by atoms with Gasteiger partial charge in [-0.15, -0.1) is 13.2 Å².